The van der Waals surface area contributed by atoms with Gasteiger partial charge in [-0.3, -0.25) is 4.72 Å². The number of anilines is 1. The molecule has 0 aliphatic carbocycles. The number of aromatic nitrogens is 1. The van der Waals surface area contributed by atoms with Gasteiger partial charge in [-0.05, 0) is 43.3 Å². The summed E-state index contributed by atoms with van der Waals surface area (Å²) < 4.78 is 69.6. The molecule has 0 radical (unpaired) electrons. The van der Waals surface area contributed by atoms with Gasteiger partial charge in [0.1, 0.15) is 0 Å². The van der Waals surface area contributed by atoms with E-state index < -0.39 is 26.7 Å². The van der Waals surface area contributed by atoms with E-state index in [1.54, 1.807) is 18.2 Å². The van der Waals surface area contributed by atoms with Gasteiger partial charge in [-0.1, -0.05) is 30.3 Å². The van der Waals surface area contributed by atoms with Crippen LogP contribution in [0.25, 0.3) is 21.8 Å². The van der Waals surface area contributed by atoms with Crippen LogP contribution in [0.2, 0.25) is 0 Å². The molecule has 1 N–H and O–H groups in total. The first-order valence-corrected chi connectivity index (χ1v) is 10.4. The fourth-order valence-corrected chi connectivity index (χ4v) is 4.88. The molecule has 29 heavy (non-hydrogen) atoms. The molecule has 4 aromatic rings. The van der Waals surface area contributed by atoms with Crippen molar-refractivity contribution in [1.82, 2.24) is 4.57 Å². The summed E-state index contributed by atoms with van der Waals surface area (Å²) in [5.41, 5.74) is 0.935. The number of nitrogens with one attached hydrogen (secondary N) is 1. The number of alkyl halides is 3. The Bertz CT molecular complexity index is 1330. The van der Waals surface area contributed by atoms with Crippen molar-refractivity contribution in [3.8, 4) is 0 Å². The number of para-hydroxylation sites is 1. The van der Waals surface area contributed by atoms with E-state index in [1.165, 1.54) is 6.07 Å². The largest absolute Gasteiger partial charge is 0.417 e. The molecule has 3 aromatic carbocycles. The molecule has 0 bridgehead atoms. The van der Waals surface area contributed by atoms with E-state index in [0.717, 1.165) is 46.5 Å². The third-order valence-electron chi connectivity index (χ3n) is 4.82. The molecule has 0 saturated carbocycles. The minimum Gasteiger partial charge on any atom is -0.341 e. The first-order valence-electron chi connectivity index (χ1n) is 8.92. The Morgan fingerprint density at radius 3 is 2.28 bits per heavy atom. The van der Waals surface area contributed by atoms with Crippen LogP contribution in [0.3, 0.4) is 0 Å². The maximum Gasteiger partial charge on any atom is 0.417 e. The second-order valence-electron chi connectivity index (χ2n) is 6.59. The van der Waals surface area contributed by atoms with E-state index in [-0.39, 0.29) is 5.69 Å². The van der Waals surface area contributed by atoms with Crippen molar-refractivity contribution >= 4 is 37.5 Å². The minimum atomic E-state index is -4.77. The molecular formula is C21H17F3N2O2S. The highest BCUT2D eigenvalue weighted by atomic mass is 32.2. The normalized spacial score (nSPS) is 12.6. The van der Waals surface area contributed by atoms with E-state index in [1.807, 2.05) is 31.2 Å². The van der Waals surface area contributed by atoms with E-state index in [9.17, 15) is 21.6 Å². The topological polar surface area (TPSA) is 51.1 Å². The van der Waals surface area contributed by atoms with Crippen molar-refractivity contribution in [3.63, 3.8) is 0 Å². The summed E-state index contributed by atoms with van der Waals surface area (Å²) in [5, 5.41) is 1.77. The van der Waals surface area contributed by atoms with Crippen LogP contribution in [0, 0.1) is 0 Å². The molecule has 0 saturated heterocycles. The number of rotatable bonds is 4. The molecule has 150 valence electrons. The van der Waals surface area contributed by atoms with Crippen molar-refractivity contribution in [2.45, 2.75) is 24.5 Å². The molecule has 0 fully saturated rings. The van der Waals surface area contributed by atoms with Gasteiger partial charge in [0.25, 0.3) is 10.0 Å². The van der Waals surface area contributed by atoms with Crippen molar-refractivity contribution in [2.75, 3.05) is 4.72 Å². The predicted octanol–water partition coefficient (Wildman–Crippen LogP) is 5.63. The van der Waals surface area contributed by atoms with Crippen molar-refractivity contribution in [1.29, 1.82) is 0 Å². The Balaban J connectivity index is 1.82. The Labute approximate surface area is 165 Å². The standard InChI is InChI=1S/C21H17F3N2O2S/c1-2-26-18-9-5-3-7-15(18)16-13-14(11-12-19(16)26)25-29(27,28)20-10-6-4-8-17(20)21(22,23)24/h3-13,25H,2H2,1H3. The molecule has 0 aliphatic heterocycles. The highest BCUT2D eigenvalue weighted by molar-refractivity contribution is 7.92. The zero-order valence-corrected chi connectivity index (χ0v) is 16.2. The number of benzene rings is 3. The molecule has 0 atom stereocenters. The summed E-state index contributed by atoms with van der Waals surface area (Å²) in [6.07, 6.45) is -4.77. The zero-order valence-electron chi connectivity index (χ0n) is 15.4. The summed E-state index contributed by atoms with van der Waals surface area (Å²) in [6, 6.07) is 16.8. The van der Waals surface area contributed by atoms with Gasteiger partial charge in [0, 0.05) is 34.0 Å². The number of sulfonamides is 1. The van der Waals surface area contributed by atoms with Crippen LogP contribution < -0.4 is 4.72 Å². The van der Waals surface area contributed by atoms with Gasteiger partial charge >= 0.3 is 6.18 Å². The lowest BCUT2D eigenvalue weighted by molar-refractivity contribution is -0.139. The van der Waals surface area contributed by atoms with Crippen LogP contribution >= 0.6 is 0 Å². The fraction of sp³-hybridized carbons (Fsp3) is 0.143. The van der Waals surface area contributed by atoms with Crippen LogP contribution in [0.4, 0.5) is 18.9 Å². The highest BCUT2D eigenvalue weighted by Crippen LogP contribution is 2.35. The van der Waals surface area contributed by atoms with Crippen molar-refractivity contribution in [2.24, 2.45) is 0 Å². The quantitative estimate of drug-likeness (QED) is 0.467. The van der Waals surface area contributed by atoms with Gasteiger partial charge in [-0.15, -0.1) is 0 Å². The number of hydrogen-bond donors (Lipinski definition) is 1. The lowest BCUT2D eigenvalue weighted by Gasteiger charge is -2.14. The second-order valence-corrected chi connectivity index (χ2v) is 8.24. The van der Waals surface area contributed by atoms with E-state index in [2.05, 4.69) is 9.29 Å². The SMILES string of the molecule is CCn1c2ccccc2c2cc(NS(=O)(=O)c3ccccc3C(F)(F)F)ccc21. The maximum atomic E-state index is 13.2. The molecular weight excluding hydrogens is 401 g/mol. The summed E-state index contributed by atoms with van der Waals surface area (Å²) >= 11 is 0. The molecule has 4 rings (SSSR count). The second kappa shape index (κ2) is 6.81. The fourth-order valence-electron chi connectivity index (χ4n) is 3.60. The van der Waals surface area contributed by atoms with Gasteiger partial charge in [0.05, 0.1) is 10.5 Å². The predicted molar refractivity (Wildman–Crippen MR) is 107 cm³/mol. The number of fused-ring (bicyclic) bond motifs is 3. The number of halogens is 3. The van der Waals surface area contributed by atoms with E-state index >= 15 is 0 Å². The Kier molecular flexibility index (Phi) is 4.53. The number of hydrogen-bond acceptors (Lipinski definition) is 2. The third-order valence-corrected chi connectivity index (χ3v) is 6.26. The zero-order chi connectivity index (χ0) is 20.8. The third kappa shape index (κ3) is 3.33. The van der Waals surface area contributed by atoms with Crippen LogP contribution in [0.1, 0.15) is 12.5 Å². The van der Waals surface area contributed by atoms with Crippen molar-refractivity contribution < 1.29 is 21.6 Å². The average molecular weight is 418 g/mol. The van der Waals surface area contributed by atoms with Crippen molar-refractivity contribution in [3.05, 3.63) is 72.3 Å². The number of aryl methyl sites for hydroxylation is 1. The lowest BCUT2D eigenvalue weighted by atomic mass is 10.1. The van der Waals surface area contributed by atoms with E-state index in [0.29, 0.717) is 0 Å². The van der Waals surface area contributed by atoms with Crippen LogP contribution in [-0.4, -0.2) is 13.0 Å². The maximum absolute atomic E-state index is 13.2. The molecule has 1 heterocycles. The molecule has 0 unspecified atom stereocenters. The molecule has 4 nitrogen and oxygen atoms in total. The molecule has 1 aromatic heterocycles. The van der Waals surface area contributed by atoms with Gasteiger partial charge < -0.3 is 4.57 Å². The highest BCUT2D eigenvalue weighted by Gasteiger charge is 2.36. The van der Waals surface area contributed by atoms with Crippen LogP contribution in [0.5, 0.6) is 0 Å². The van der Waals surface area contributed by atoms with E-state index in [4.69, 9.17) is 0 Å². The number of nitrogens with zero attached hydrogens (tertiary/aromatic N) is 1. The lowest BCUT2D eigenvalue weighted by Crippen LogP contribution is -2.18. The van der Waals surface area contributed by atoms with Gasteiger partial charge in [-0.2, -0.15) is 13.2 Å². The first kappa shape index (κ1) is 19.3. The Morgan fingerprint density at radius 1 is 0.897 bits per heavy atom. The molecule has 0 amide bonds. The van der Waals surface area contributed by atoms with Crippen LogP contribution in [-0.2, 0) is 22.7 Å². The summed E-state index contributed by atoms with van der Waals surface area (Å²) in [6.45, 7) is 2.74. The van der Waals surface area contributed by atoms with Gasteiger partial charge in [-0.25, -0.2) is 8.42 Å². The van der Waals surface area contributed by atoms with Gasteiger partial charge in [0.2, 0.25) is 0 Å². The van der Waals surface area contributed by atoms with Gasteiger partial charge in [0.15, 0.2) is 0 Å². The summed E-state index contributed by atoms with van der Waals surface area (Å²) in [4.78, 5) is -0.802. The monoisotopic (exact) mass is 418 g/mol. The molecule has 0 spiro atoms. The molecule has 8 heteroatoms. The first-order chi connectivity index (χ1) is 13.7. The Morgan fingerprint density at radius 2 is 1.55 bits per heavy atom. The summed E-state index contributed by atoms with van der Waals surface area (Å²) in [5.74, 6) is 0. The smallest absolute Gasteiger partial charge is 0.341 e. The average Bonchev–Trinajstić information content (AvgIpc) is 3.00. The minimum absolute atomic E-state index is 0.202. The van der Waals surface area contributed by atoms with Crippen LogP contribution in [0.15, 0.2) is 71.6 Å². The summed E-state index contributed by atoms with van der Waals surface area (Å²) in [7, 11) is -4.42. The Hall–Kier alpha value is -3.00. The molecule has 0 aliphatic rings.